The summed E-state index contributed by atoms with van der Waals surface area (Å²) < 4.78 is 28.7. The molecule has 1 saturated heterocycles. The third kappa shape index (κ3) is 2.59. The fourth-order valence-corrected chi connectivity index (χ4v) is 3.83. The Morgan fingerprint density at radius 1 is 1.45 bits per heavy atom. The summed E-state index contributed by atoms with van der Waals surface area (Å²) in [5, 5.41) is 3.30. The van der Waals surface area contributed by atoms with E-state index in [2.05, 4.69) is 5.16 Å². The summed E-state index contributed by atoms with van der Waals surface area (Å²) in [4.78, 5) is 14.0. The minimum atomic E-state index is -3.11. The summed E-state index contributed by atoms with van der Waals surface area (Å²) in [6.45, 7) is 7.51. The molecule has 2 heterocycles. The number of carbonyl (C=O) groups is 1. The standard InChI is InChI=1S/C13H20N2O4S/c1-8(2)11-7-12(19-14-11)13(16)15-5-6-20(17,18)10(4)9(15)3/h7-10H,5-6H2,1-4H3. The Bertz CT molecular complexity index is 606. The fourth-order valence-electron chi connectivity index (χ4n) is 2.26. The molecule has 1 aliphatic rings. The molecule has 0 radical (unpaired) electrons. The maximum atomic E-state index is 12.4. The van der Waals surface area contributed by atoms with Gasteiger partial charge in [0, 0.05) is 18.7 Å². The lowest BCUT2D eigenvalue weighted by molar-refractivity contribution is 0.0650. The molecule has 7 heteroatoms. The first-order chi connectivity index (χ1) is 9.24. The number of hydrogen-bond acceptors (Lipinski definition) is 5. The molecule has 2 atom stereocenters. The van der Waals surface area contributed by atoms with Crippen LogP contribution in [0.2, 0.25) is 0 Å². The second kappa shape index (κ2) is 5.20. The van der Waals surface area contributed by atoms with E-state index in [4.69, 9.17) is 4.52 Å². The Balaban J connectivity index is 2.21. The van der Waals surface area contributed by atoms with E-state index in [0.717, 1.165) is 5.69 Å². The van der Waals surface area contributed by atoms with E-state index >= 15 is 0 Å². The Morgan fingerprint density at radius 3 is 2.65 bits per heavy atom. The first-order valence-corrected chi connectivity index (χ1v) is 8.44. The molecule has 1 fully saturated rings. The van der Waals surface area contributed by atoms with E-state index in [9.17, 15) is 13.2 Å². The average Bonchev–Trinajstić information content (AvgIpc) is 2.85. The second-order valence-electron chi connectivity index (χ2n) is 5.58. The van der Waals surface area contributed by atoms with Gasteiger partial charge in [-0.05, 0) is 19.8 Å². The van der Waals surface area contributed by atoms with Crippen molar-refractivity contribution in [1.82, 2.24) is 10.1 Å². The predicted molar refractivity (Wildman–Crippen MR) is 74.3 cm³/mol. The SMILES string of the molecule is CC(C)c1cc(C(=O)N2CCS(=O)(=O)C(C)C2C)on1. The van der Waals surface area contributed by atoms with Gasteiger partial charge in [-0.25, -0.2) is 8.42 Å². The maximum Gasteiger partial charge on any atom is 0.292 e. The minimum absolute atomic E-state index is 0.00454. The molecule has 6 nitrogen and oxygen atoms in total. The van der Waals surface area contributed by atoms with Crippen LogP contribution in [0.25, 0.3) is 0 Å². The molecule has 20 heavy (non-hydrogen) atoms. The fraction of sp³-hybridized carbons (Fsp3) is 0.692. The highest BCUT2D eigenvalue weighted by molar-refractivity contribution is 7.92. The van der Waals surface area contributed by atoms with Gasteiger partial charge in [0.05, 0.1) is 16.7 Å². The lowest BCUT2D eigenvalue weighted by atomic mass is 10.1. The van der Waals surface area contributed by atoms with E-state index in [-0.39, 0.29) is 35.9 Å². The summed E-state index contributed by atoms with van der Waals surface area (Å²) in [6.07, 6.45) is 0. The predicted octanol–water partition coefficient (Wildman–Crippen LogP) is 1.45. The molecule has 2 unspecified atom stereocenters. The van der Waals surface area contributed by atoms with Crippen LogP contribution in [0.1, 0.15) is 49.9 Å². The summed E-state index contributed by atoms with van der Waals surface area (Å²) in [5.41, 5.74) is 0.721. The molecule has 0 saturated carbocycles. The lowest BCUT2D eigenvalue weighted by Crippen LogP contribution is -2.54. The molecule has 0 aliphatic carbocycles. The highest BCUT2D eigenvalue weighted by Crippen LogP contribution is 2.22. The van der Waals surface area contributed by atoms with Crippen LogP contribution < -0.4 is 0 Å². The number of nitrogens with zero attached hydrogens (tertiary/aromatic N) is 2. The number of amides is 1. The molecule has 1 aromatic rings. The number of sulfone groups is 1. The van der Waals surface area contributed by atoms with Crippen LogP contribution in [0.5, 0.6) is 0 Å². The monoisotopic (exact) mass is 300 g/mol. The van der Waals surface area contributed by atoms with Crippen LogP contribution in [0.4, 0.5) is 0 Å². The van der Waals surface area contributed by atoms with E-state index in [1.807, 2.05) is 13.8 Å². The Hall–Kier alpha value is -1.37. The van der Waals surface area contributed by atoms with Gasteiger partial charge in [0.25, 0.3) is 5.91 Å². The normalized spacial score (nSPS) is 25.9. The smallest absolute Gasteiger partial charge is 0.292 e. The molecule has 1 amide bonds. The van der Waals surface area contributed by atoms with Crippen molar-refractivity contribution in [3.05, 3.63) is 17.5 Å². The molecule has 1 aromatic heterocycles. The lowest BCUT2D eigenvalue weighted by Gasteiger charge is -2.36. The van der Waals surface area contributed by atoms with Gasteiger partial charge in [-0.15, -0.1) is 0 Å². The van der Waals surface area contributed by atoms with Crippen molar-refractivity contribution >= 4 is 15.7 Å². The molecule has 0 bridgehead atoms. The summed E-state index contributed by atoms with van der Waals surface area (Å²) in [6, 6.07) is 1.27. The number of carbonyl (C=O) groups excluding carboxylic acids is 1. The minimum Gasteiger partial charge on any atom is -0.351 e. The molecule has 1 aliphatic heterocycles. The third-order valence-corrected chi connectivity index (χ3v) is 6.22. The van der Waals surface area contributed by atoms with Gasteiger partial charge in [0.15, 0.2) is 9.84 Å². The summed E-state index contributed by atoms with van der Waals surface area (Å²) >= 11 is 0. The zero-order valence-corrected chi connectivity index (χ0v) is 13.0. The van der Waals surface area contributed by atoms with Gasteiger partial charge in [-0.2, -0.15) is 0 Å². The van der Waals surface area contributed by atoms with Gasteiger partial charge in [0.1, 0.15) is 0 Å². The highest BCUT2D eigenvalue weighted by atomic mass is 32.2. The van der Waals surface area contributed by atoms with E-state index < -0.39 is 15.1 Å². The Morgan fingerprint density at radius 2 is 2.10 bits per heavy atom. The van der Waals surface area contributed by atoms with E-state index in [1.54, 1.807) is 24.8 Å². The zero-order valence-electron chi connectivity index (χ0n) is 12.2. The van der Waals surface area contributed by atoms with Crippen molar-refractivity contribution < 1.29 is 17.7 Å². The van der Waals surface area contributed by atoms with Crippen molar-refractivity contribution in [2.24, 2.45) is 0 Å². The Kier molecular flexibility index (Phi) is 3.90. The van der Waals surface area contributed by atoms with Gasteiger partial charge in [-0.1, -0.05) is 19.0 Å². The van der Waals surface area contributed by atoms with Crippen LogP contribution in [-0.4, -0.2) is 48.0 Å². The first kappa shape index (κ1) is 15.0. The van der Waals surface area contributed by atoms with Crippen LogP contribution in [0, 0.1) is 0 Å². The molecule has 0 aromatic carbocycles. The van der Waals surface area contributed by atoms with Crippen molar-refractivity contribution in [1.29, 1.82) is 0 Å². The van der Waals surface area contributed by atoms with Crippen LogP contribution in [-0.2, 0) is 9.84 Å². The van der Waals surface area contributed by atoms with Crippen molar-refractivity contribution in [2.45, 2.75) is 44.9 Å². The van der Waals surface area contributed by atoms with Gasteiger partial charge < -0.3 is 9.42 Å². The second-order valence-corrected chi connectivity index (χ2v) is 8.06. The van der Waals surface area contributed by atoms with Crippen molar-refractivity contribution in [2.75, 3.05) is 12.3 Å². The van der Waals surface area contributed by atoms with Crippen molar-refractivity contribution in [3.63, 3.8) is 0 Å². The molecule has 0 spiro atoms. The van der Waals surface area contributed by atoms with E-state index in [1.165, 1.54) is 0 Å². The average molecular weight is 300 g/mol. The Labute approximate surface area is 119 Å². The molecular weight excluding hydrogens is 280 g/mol. The summed E-state index contributed by atoms with van der Waals surface area (Å²) in [7, 11) is -3.11. The zero-order chi connectivity index (χ0) is 15.1. The topological polar surface area (TPSA) is 80.5 Å². The van der Waals surface area contributed by atoms with Crippen LogP contribution in [0.3, 0.4) is 0 Å². The molecule has 112 valence electrons. The number of hydrogen-bond donors (Lipinski definition) is 0. The first-order valence-electron chi connectivity index (χ1n) is 6.73. The maximum absolute atomic E-state index is 12.4. The van der Waals surface area contributed by atoms with Crippen LogP contribution >= 0.6 is 0 Å². The molecule has 2 rings (SSSR count). The molecule has 0 N–H and O–H groups in total. The third-order valence-electron chi connectivity index (χ3n) is 3.95. The number of rotatable bonds is 2. The van der Waals surface area contributed by atoms with E-state index in [0.29, 0.717) is 0 Å². The van der Waals surface area contributed by atoms with Crippen molar-refractivity contribution in [3.8, 4) is 0 Å². The highest BCUT2D eigenvalue weighted by Gasteiger charge is 2.39. The largest absolute Gasteiger partial charge is 0.351 e. The van der Waals surface area contributed by atoms with Gasteiger partial charge in [-0.3, -0.25) is 4.79 Å². The molecular formula is C13H20N2O4S. The van der Waals surface area contributed by atoms with Crippen LogP contribution in [0.15, 0.2) is 10.6 Å². The van der Waals surface area contributed by atoms with Gasteiger partial charge >= 0.3 is 0 Å². The van der Waals surface area contributed by atoms with Gasteiger partial charge in [0.2, 0.25) is 5.76 Å². The quantitative estimate of drug-likeness (QED) is 0.825. The summed E-state index contributed by atoms with van der Waals surface area (Å²) in [5.74, 6) is 0.0548. The number of aromatic nitrogens is 1.